The molecule has 2 aliphatic rings. The van der Waals surface area contributed by atoms with Crippen molar-refractivity contribution in [1.82, 2.24) is 15.0 Å². The Hall–Kier alpha value is -6.97. The van der Waals surface area contributed by atoms with Gasteiger partial charge in [-0.05, 0) is 85.8 Å². The lowest BCUT2D eigenvalue weighted by atomic mass is 9.71. The van der Waals surface area contributed by atoms with Crippen molar-refractivity contribution in [2.24, 2.45) is 0 Å². The smallest absolute Gasteiger partial charge is 0.164 e. The molecule has 0 amide bonds. The zero-order chi connectivity index (χ0) is 35.8. The van der Waals surface area contributed by atoms with Crippen LogP contribution in [-0.2, 0) is 0 Å². The molecular formula is C51H35N3. The van der Waals surface area contributed by atoms with Crippen molar-refractivity contribution in [3.63, 3.8) is 0 Å². The fourth-order valence-electron chi connectivity index (χ4n) is 8.01. The lowest BCUT2D eigenvalue weighted by Gasteiger charge is -2.32. The van der Waals surface area contributed by atoms with Crippen LogP contribution >= 0.6 is 0 Å². The third kappa shape index (κ3) is 5.86. The van der Waals surface area contributed by atoms with Gasteiger partial charge in [-0.3, -0.25) is 0 Å². The van der Waals surface area contributed by atoms with Gasteiger partial charge in [-0.15, -0.1) is 0 Å². The summed E-state index contributed by atoms with van der Waals surface area (Å²) in [6.07, 6.45) is 5.81. The van der Waals surface area contributed by atoms with E-state index >= 15 is 0 Å². The summed E-state index contributed by atoms with van der Waals surface area (Å²) in [5.74, 6) is 2.30. The molecule has 10 rings (SSSR count). The quantitative estimate of drug-likeness (QED) is 0.174. The van der Waals surface area contributed by atoms with Crippen LogP contribution in [0, 0.1) is 0 Å². The Morgan fingerprint density at radius 1 is 0.352 bits per heavy atom. The summed E-state index contributed by atoms with van der Waals surface area (Å²) in [7, 11) is 0. The minimum atomic E-state index is 0.367. The van der Waals surface area contributed by atoms with Crippen molar-refractivity contribution in [1.29, 1.82) is 0 Å². The fraction of sp³-hybridized carbons (Fsp3) is 0.0392. The largest absolute Gasteiger partial charge is 0.208 e. The van der Waals surface area contributed by atoms with Gasteiger partial charge in [0.05, 0.1) is 0 Å². The average molecular weight is 690 g/mol. The number of fused-ring (bicyclic) bond motifs is 6. The second-order valence-electron chi connectivity index (χ2n) is 14.0. The first-order chi connectivity index (χ1) is 26.7. The molecule has 0 saturated heterocycles. The molecule has 1 unspecified atom stereocenters. The van der Waals surface area contributed by atoms with Gasteiger partial charge in [-0.2, -0.15) is 0 Å². The standard InChI is InChI=1S/C51H35N3/c1-3-14-34(15-4-1)36-18-12-22-41(31-36)50-52-49(35-16-5-2-6-17-35)53-51(54-50)42-23-13-21-39(32-42)37-19-11-20-38(30-37)40-28-29-47-45-26-8-7-24-43(45)44-25-9-10-27-46(44)48(47)33-40/h1-28,30-33,47H,29H2. The molecule has 0 aliphatic heterocycles. The van der Waals surface area contributed by atoms with Gasteiger partial charge in [-0.25, -0.2) is 15.0 Å². The molecule has 54 heavy (non-hydrogen) atoms. The van der Waals surface area contributed by atoms with Crippen LogP contribution < -0.4 is 0 Å². The van der Waals surface area contributed by atoms with Crippen molar-refractivity contribution in [3.8, 4) is 67.5 Å². The maximum Gasteiger partial charge on any atom is 0.164 e. The lowest BCUT2D eigenvalue weighted by molar-refractivity contribution is 0.871. The first-order valence-electron chi connectivity index (χ1n) is 18.5. The van der Waals surface area contributed by atoms with E-state index in [1.165, 1.54) is 39.0 Å². The monoisotopic (exact) mass is 689 g/mol. The van der Waals surface area contributed by atoms with Crippen molar-refractivity contribution < 1.29 is 0 Å². The molecule has 0 bridgehead atoms. The normalized spacial score (nSPS) is 14.3. The SMILES string of the molecule is C1=C(c2cccc(-c3cccc(-c4nc(-c5ccccc5)nc(-c5cccc(-c6ccccc6)c5)n4)c3)c2)C=C2c3ccccc3-c3ccccc3C2C1. The van der Waals surface area contributed by atoms with Gasteiger partial charge in [-0.1, -0.05) is 176 Å². The van der Waals surface area contributed by atoms with E-state index in [4.69, 9.17) is 15.0 Å². The molecule has 8 aromatic rings. The third-order valence-electron chi connectivity index (χ3n) is 10.7. The summed E-state index contributed by atoms with van der Waals surface area (Å²) in [6.45, 7) is 0. The van der Waals surface area contributed by atoms with Gasteiger partial charge >= 0.3 is 0 Å². The summed E-state index contributed by atoms with van der Waals surface area (Å²) in [5, 5.41) is 0. The number of hydrogen-bond donors (Lipinski definition) is 0. The van der Waals surface area contributed by atoms with E-state index in [1.54, 1.807) is 0 Å². The number of allylic oxidation sites excluding steroid dienone is 4. The summed E-state index contributed by atoms with van der Waals surface area (Å²) in [5.41, 5.74) is 16.7. The van der Waals surface area contributed by atoms with Gasteiger partial charge in [0.2, 0.25) is 0 Å². The average Bonchev–Trinajstić information content (AvgIpc) is 3.27. The summed E-state index contributed by atoms with van der Waals surface area (Å²) < 4.78 is 0. The molecule has 0 saturated carbocycles. The minimum absolute atomic E-state index is 0.367. The van der Waals surface area contributed by atoms with Gasteiger partial charge in [0.25, 0.3) is 0 Å². The number of benzene rings is 7. The number of aromatic nitrogens is 3. The first kappa shape index (κ1) is 31.7. The molecule has 0 fully saturated rings. The van der Waals surface area contributed by atoms with Crippen LogP contribution in [0.5, 0.6) is 0 Å². The molecule has 7 aromatic carbocycles. The van der Waals surface area contributed by atoms with Crippen molar-refractivity contribution in [2.45, 2.75) is 12.3 Å². The number of rotatable bonds is 6. The molecule has 3 heteroatoms. The first-order valence-corrected chi connectivity index (χ1v) is 18.5. The molecular weight excluding hydrogens is 655 g/mol. The molecule has 254 valence electrons. The molecule has 1 aromatic heterocycles. The molecule has 0 radical (unpaired) electrons. The minimum Gasteiger partial charge on any atom is -0.208 e. The maximum atomic E-state index is 5.09. The van der Waals surface area contributed by atoms with Crippen molar-refractivity contribution in [3.05, 3.63) is 211 Å². The van der Waals surface area contributed by atoms with Crippen molar-refractivity contribution >= 4 is 11.1 Å². The zero-order valence-electron chi connectivity index (χ0n) is 29.6. The maximum absolute atomic E-state index is 5.09. The molecule has 0 N–H and O–H groups in total. The van der Waals surface area contributed by atoms with E-state index in [0.29, 0.717) is 23.4 Å². The van der Waals surface area contributed by atoms with E-state index in [9.17, 15) is 0 Å². The number of nitrogens with zero attached hydrogens (tertiary/aromatic N) is 3. The van der Waals surface area contributed by atoms with E-state index in [0.717, 1.165) is 45.4 Å². The summed E-state index contributed by atoms with van der Waals surface area (Å²) in [6, 6.07) is 64.2. The Kier molecular flexibility index (Phi) is 7.96. The summed E-state index contributed by atoms with van der Waals surface area (Å²) >= 11 is 0. The van der Waals surface area contributed by atoms with E-state index in [-0.39, 0.29) is 0 Å². The van der Waals surface area contributed by atoms with Crippen LogP contribution in [0.2, 0.25) is 0 Å². The lowest BCUT2D eigenvalue weighted by Crippen LogP contribution is -2.12. The number of hydrogen-bond acceptors (Lipinski definition) is 3. The Morgan fingerprint density at radius 3 is 1.44 bits per heavy atom. The molecule has 1 atom stereocenters. The Balaban J connectivity index is 1.02. The van der Waals surface area contributed by atoms with Gasteiger partial charge in [0, 0.05) is 22.6 Å². The van der Waals surface area contributed by atoms with Crippen LogP contribution in [0.1, 0.15) is 29.0 Å². The second kappa shape index (κ2) is 13.5. The molecule has 1 heterocycles. The van der Waals surface area contributed by atoms with Gasteiger partial charge < -0.3 is 0 Å². The van der Waals surface area contributed by atoms with Crippen LogP contribution in [0.15, 0.2) is 194 Å². The highest BCUT2D eigenvalue weighted by Gasteiger charge is 2.30. The van der Waals surface area contributed by atoms with E-state index in [2.05, 4.69) is 158 Å². The highest BCUT2D eigenvalue weighted by molar-refractivity contribution is 5.97. The third-order valence-corrected chi connectivity index (χ3v) is 10.7. The van der Waals surface area contributed by atoms with Gasteiger partial charge in [0.15, 0.2) is 17.5 Å². The fourth-order valence-corrected chi connectivity index (χ4v) is 8.01. The zero-order valence-corrected chi connectivity index (χ0v) is 29.6. The van der Waals surface area contributed by atoms with E-state index < -0.39 is 0 Å². The Labute approximate surface area is 315 Å². The Bertz CT molecular complexity index is 2740. The molecule has 2 aliphatic carbocycles. The van der Waals surface area contributed by atoms with Gasteiger partial charge in [0.1, 0.15) is 0 Å². The van der Waals surface area contributed by atoms with Crippen LogP contribution in [0.3, 0.4) is 0 Å². The topological polar surface area (TPSA) is 38.7 Å². The Morgan fingerprint density at radius 2 is 0.796 bits per heavy atom. The highest BCUT2D eigenvalue weighted by atomic mass is 15.0. The van der Waals surface area contributed by atoms with Crippen LogP contribution in [0.25, 0.3) is 78.7 Å². The van der Waals surface area contributed by atoms with Crippen LogP contribution in [-0.4, -0.2) is 15.0 Å². The predicted molar refractivity (Wildman–Crippen MR) is 222 cm³/mol. The van der Waals surface area contributed by atoms with Crippen LogP contribution in [0.4, 0.5) is 0 Å². The predicted octanol–water partition coefficient (Wildman–Crippen LogP) is 12.8. The van der Waals surface area contributed by atoms with E-state index in [1.807, 2.05) is 36.4 Å². The highest BCUT2D eigenvalue weighted by Crippen LogP contribution is 2.51. The molecule has 0 spiro atoms. The second-order valence-corrected chi connectivity index (χ2v) is 14.0. The summed E-state index contributed by atoms with van der Waals surface area (Å²) in [4.78, 5) is 15.1. The molecule has 3 nitrogen and oxygen atoms in total. The van der Waals surface area contributed by atoms with Crippen molar-refractivity contribution in [2.75, 3.05) is 0 Å².